The molecule has 1 fully saturated rings. The second-order valence-corrected chi connectivity index (χ2v) is 4.03. The van der Waals surface area contributed by atoms with E-state index in [4.69, 9.17) is 4.74 Å². The van der Waals surface area contributed by atoms with Gasteiger partial charge in [-0.25, -0.2) is 0 Å². The van der Waals surface area contributed by atoms with Crippen molar-refractivity contribution in [3.63, 3.8) is 0 Å². The monoisotopic (exact) mass is 430 g/mol. The van der Waals surface area contributed by atoms with Crippen molar-refractivity contribution in [1.82, 2.24) is 4.90 Å². The second-order valence-electron chi connectivity index (χ2n) is 4.03. The summed E-state index contributed by atoms with van der Waals surface area (Å²) in [5.74, 6) is 0. The number of likely N-dealkylation sites (tertiary alicyclic amines) is 1. The quantitative estimate of drug-likeness (QED) is 0.497. The third-order valence-corrected chi connectivity index (χ3v) is 1.81. The zero-order valence-electron chi connectivity index (χ0n) is 12.4. The van der Waals surface area contributed by atoms with Gasteiger partial charge in [-0.15, -0.1) is 0 Å². The molecule has 0 aromatic rings. The van der Waals surface area contributed by atoms with Crippen molar-refractivity contribution in [2.24, 2.45) is 0 Å². The maximum atomic E-state index is 9.75. The molecule has 0 unspecified atom stereocenters. The van der Waals surface area contributed by atoms with Crippen molar-refractivity contribution in [3.05, 3.63) is 0 Å². The van der Waals surface area contributed by atoms with Gasteiger partial charge in [-0.2, -0.15) is 0 Å². The van der Waals surface area contributed by atoms with Crippen LogP contribution in [0.2, 0.25) is 0 Å². The standard InChI is InChI=1S/C7H15NO.3BF4.K.H/c1-9-7-6-8-4-2-3-5-8;3*2-1(3,4)5;;/h2-7H2,1H3;;;;;/q;3*-1;;. The van der Waals surface area contributed by atoms with Crippen LogP contribution in [0.1, 0.15) is 12.8 Å². The normalized spacial score (nSPS) is 14.8. The minimum atomic E-state index is -6.00. The number of ether oxygens (including phenoxy) is 1. The van der Waals surface area contributed by atoms with E-state index in [1.807, 2.05) is 0 Å². The van der Waals surface area contributed by atoms with Gasteiger partial charge in [0, 0.05) is 13.7 Å². The molecular formula is C7H16B3F12KNO-3. The Balaban J connectivity index is -0.000000122. The van der Waals surface area contributed by atoms with Crippen LogP contribution in [0.5, 0.6) is 0 Å². The first-order valence-corrected chi connectivity index (χ1v) is 6.26. The molecule has 0 aliphatic carbocycles. The second kappa shape index (κ2) is 17.0. The van der Waals surface area contributed by atoms with Crippen LogP contribution in [0.25, 0.3) is 0 Å². The van der Waals surface area contributed by atoms with Crippen LogP contribution in [0, 0.1) is 0 Å². The van der Waals surface area contributed by atoms with Crippen molar-refractivity contribution in [2.75, 3.05) is 33.4 Å². The number of rotatable bonds is 3. The number of hydrogen-bond acceptors (Lipinski definition) is 2. The van der Waals surface area contributed by atoms with E-state index in [1.165, 1.54) is 25.9 Å². The topological polar surface area (TPSA) is 12.5 Å². The van der Waals surface area contributed by atoms with Gasteiger partial charge < -0.3 is 61.4 Å². The van der Waals surface area contributed by atoms with Gasteiger partial charge in [0.05, 0.1) is 6.61 Å². The van der Waals surface area contributed by atoms with Crippen LogP contribution in [0.3, 0.4) is 0 Å². The van der Waals surface area contributed by atoms with E-state index in [1.54, 1.807) is 7.11 Å². The van der Waals surface area contributed by atoms with Gasteiger partial charge in [-0.1, -0.05) is 0 Å². The van der Waals surface area contributed by atoms with Crippen LogP contribution in [-0.4, -0.2) is 111 Å². The van der Waals surface area contributed by atoms with E-state index in [-0.39, 0.29) is 51.4 Å². The Morgan fingerprint density at radius 3 is 1.12 bits per heavy atom. The van der Waals surface area contributed by atoms with Gasteiger partial charge in [-0.3, -0.25) is 0 Å². The van der Waals surface area contributed by atoms with E-state index in [0.717, 1.165) is 13.2 Å². The molecule has 1 heterocycles. The molecule has 0 saturated carbocycles. The molecule has 25 heavy (non-hydrogen) atoms. The van der Waals surface area contributed by atoms with E-state index >= 15 is 0 Å². The van der Waals surface area contributed by atoms with Crippen molar-refractivity contribution < 1.29 is 56.5 Å². The van der Waals surface area contributed by atoms with Gasteiger partial charge in [0.1, 0.15) is 0 Å². The van der Waals surface area contributed by atoms with Gasteiger partial charge in [0.2, 0.25) is 0 Å². The Bertz CT molecular complexity index is 237. The predicted octanol–water partition coefficient (Wildman–Crippen LogP) is 3.98. The average Bonchev–Trinajstić information content (AvgIpc) is 2.71. The van der Waals surface area contributed by atoms with Gasteiger partial charge >= 0.3 is 73.1 Å². The third kappa shape index (κ3) is 92.2. The summed E-state index contributed by atoms with van der Waals surface area (Å²) < 4.78 is 122. The zero-order chi connectivity index (χ0) is 20.0. The van der Waals surface area contributed by atoms with Gasteiger partial charge in [-0.05, 0) is 25.9 Å². The summed E-state index contributed by atoms with van der Waals surface area (Å²) in [5.41, 5.74) is 0. The Hall–Kier alpha value is 0.911. The summed E-state index contributed by atoms with van der Waals surface area (Å²) in [6, 6.07) is 0. The van der Waals surface area contributed by atoms with Crippen molar-refractivity contribution in [2.45, 2.75) is 12.8 Å². The van der Waals surface area contributed by atoms with Crippen LogP contribution in [0.15, 0.2) is 0 Å². The van der Waals surface area contributed by atoms with E-state index in [0.29, 0.717) is 0 Å². The Morgan fingerprint density at radius 1 is 0.680 bits per heavy atom. The average molecular weight is 430 g/mol. The van der Waals surface area contributed by atoms with Crippen molar-refractivity contribution >= 4 is 73.1 Å². The van der Waals surface area contributed by atoms with Crippen LogP contribution in [-0.2, 0) is 4.74 Å². The molecule has 0 aromatic heterocycles. The molecule has 0 bridgehead atoms. The molecule has 0 amide bonds. The number of hydrogen-bond donors (Lipinski definition) is 0. The summed E-state index contributed by atoms with van der Waals surface area (Å²) >= 11 is 0. The summed E-state index contributed by atoms with van der Waals surface area (Å²) in [4.78, 5) is 2.45. The molecular weight excluding hydrogens is 414 g/mol. The van der Waals surface area contributed by atoms with Crippen molar-refractivity contribution in [3.8, 4) is 0 Å². The summed E-state index contributed by atoms with van der Waals surface area (Å²) in [6.45, 7) is 4.57. The fourth-order valence-electron chi connectivity index (χ4n) is 1.23. The fraction of sp³-hybridized carbons (Fsp3) is 1.00. The fourth-order valence-corrected chi connectivity index (χ4v) is 1.23. The Morgan fingerprint density at radius 2 is 0.920 bits per heavy atom. The van der Waals surface area contributed by atoms with E-state index < -0.39 is 21.8 Å². The van der Waals surface area contributed by atoms with Gasteiger partial charge in [0.15, 0.2) is 0 Å². The molecule has 1 rings (SSSR count). The molecule has 1 saturated heterocycles. The third-order valence-electron chi connectivity index (χ3n) is 1.81. The number of methoxy groups -OCH3 is 1. The molecule has 18 heteroatoms. The molecule has 0 spiro atoms. The Kier molecular flexibility index (Phi) is 22.8. The van der Waals surface area contributed by atoms with Crippen molar-refractivity contribution in [1.29, 1.82) is 0 Å². The first-order chi connectivity index (χ1) is 10.4. The molecule has 0 aromatic carbocycles. The first kappa shape index (κ1) is 33.5. The van der Waals surface area contributed by atoms with E-state index in [2.05, 4.69) is 4.90 Å². The SMILES string of the molecule is COCCN1CCCC1.F[B-](F)(F)F.F[B-](F)(F)F.F[B-](F)(F)F.[KH]. The zero-order valence-corrected chi connectivity index (χ0v) is 12.4. The molecule has 2 nitrogen and oxygen atoms in total. The molecule has 0 radical (unpaired) electrons. The number of nitrogens with zero attached hydrogens (tertiary/aromatic N) is 1. The molecule has 1 aliphatic heterocycles. The maximum absolute atomic E-state index is 9.75. The summed E-state index contributed by atoms with van der Waals surface area (Å²) in [7, 11) is -16.2. The molecule has 0 N–H and O–H groups in total. The van der Waals surface area contributed by atoms with Crippen LogP contribution in [0.4, 0.5) is 51.8 Å². The number of halogens is 12. The Labute approximate surface area is 179 Å². The summed E-state index contributed by atoms with van der Waals surface area (Å²) in [6.07, 6.45) is 2.76. The van der Waals surface area contributed by atoms with Gasteiger partial charge in [0.25, 0.3) is 0 Å². The molecule has 152 valence electrons. The van der Waals surface area contributed by atoms with Crippen LogP contribution < -0.4 is 0 Å². The molecule has 0 atom stereocenters. The predicted molar refractivity (Wildman–Crippen MR) is 75.3 cm³/mol. The minimum absolute atomic E-state index is 0. The van der Waals surface area contributed by atoms with Crippen LogP contribution >= 0.6 is 0 Å². The molecule has 1 aliphatic rings. The first-order valence-electron chi connectivity index (χ1n) is 6.26. The summed E-state index contributed by atoms with van der Waals surface area (Å²) in [5, 5.41) is 0. The van der Waals surface area contributed by atoms with E-state index in [9.17, 15) is 51.8 Å².